The first-order valence-electron chi connectivity index (χ1n) is 10.4. The number of benzene rings is 1. The van der Waals surface area contributed by atoms with Gasteiger partial charge in [0.2, 0.25) is 0 Å². The first kappa shape index (κ1) is 19.2. The van der Waals surface area contributed by atoms with E-state index in [1.54, 1.807) is 23.3 Å². The van der Waals surface area contributed by atoms with Gasteiger partial charge in [-0.15, -0.1) is 0 Å². The highest BCUT2D eigenvalue weighted by atomic mass is 16.5. The molecular formula is C24H30N2O2. The van der Waals surface area contributed by atoms with Crippen LogP contribution in [0.5, 0.6) is 0 Å². The van der Waals surface area contributed by atoms with Crippen molar-refractivity contribution in [3.05, 3.63) is 75.2 Å². The predicted octanol–water partition coefficient (Wildman–Crippen LogP) is 4.07. The monoisotopic (exact) mass is 378 g/mol. The smallest absolute Gasteiger partial charge is 0.250 e. The number of likely N-dealkylation sites (tertiary alicyclic amines) is 1. The molecule has 0 amide bonds. The maximum absolute atomic E-state index is 12.1. The van der Waals surface area contributed by atoms with Gasteiger partial charge in [0.05, 0.1) is 13.2 Å². The third-order valence-corrected chi connectivity index (χ3v) is 6.09. The summed E-state index contributed by atoms with van der Waals surface area (Å²) in [6, 6.07) is 12.9. The molecule has 2 heterocycles. The van der Waals surface area contributed by atoms with Crippen molar-refractivity contribution in [2.45, 2.75) is 51.3 Å². The highest BCUT2D eigenvalue weighted by molar-refractivity contribution is 5.53. The lowest BCUT2D eigenvalue weighted by Crippen LogP contribution is -2.43. The van der Waals surface area contributed by atoms with Crippen molar-refractivity contribution in [1.29, 1.82) is 0 Å². The number of rotatable bonds is 6. The van der Waals surface area contributed by atoms with E-state index in [0.717, 1.165) is 17.2 Å². The van der Waals surface area contributed by atoms with Crippen LogP contribution in [0.1, 0.15) is 48.8 Å². The first-order valence-corrected chi connectivity index (χ1v) is 10.4. The number of ether oxygens (including phenoxy) is 1. The molecule has 2 aliphatic rings. The second-order valence-corrected chi connectivity index (χ2v) is 8.10. The van der Waals surface area contributed by atoms with Gasteiger partial charge in [0.15, 0.2) is 0 Å². The standard InChI is InChI=1S/C24H30N2O2/c1-28-18-22-9-10-24(27)26(17-22)16-21-7-5-19(6-8-21)15-20-11-13-25(14-12-20)23-3-2-4-23/h5-10,15,17,23H,2-4,11-14,16,18H2,1H3. The average molecular weight is 379 g/mol. The maximum Gasteiger partial charge on any atom is 0.250 e. The van der Waals surface area contributed by atoms with Gasteiger partial charge in [0.25, 0.3) is 5.56 Å². The van der Waals surface area contributed by atoms with E-state index in [9.17, 15) is 4.79 Å². The molecule has 0 N–H and O–H groups in total. The highest BCUT2D eigenvalue weighted by Crippen LogP contribution is 2.29. The van der Waals surface area contributed by atoms with Gasteiger partial charge in [-0.25, -0.2) is 0 Å². The van der Waals surface area contributed by atoms with Gasteiger partial charge < -0.3 is 9.30 Å². The van der Waals surface area contributed by atoms with E-state index in [1.807, 2.05) is 12.3 Å². The van der Waals surface area contributed by atoms with Crippen LogP contribution in [-0.4, -0.2) is 35.7 Å². The van der Waals surface area contributed by atoms with Crippen LogP contribution in [-0.2, 0) is 17.9 Å². The van der Waals surface area contributed by atoms with Gasteiger partial charge in [-0.1, -0.05) is 42.3 Å². The Kier molecular flexibility index (Phi) is 6.08. The van der Waals surface area contributed by atoms with E-state index in [0.29, 0.717) is 13.2 Å². The predicted molar refractivity (Wildman–Crippen MR) is 113 cm³/mol. The zero-order valence-corrected chi connectivity index (χ0v) is 16.8. The van der Waals surface area contributed by atoms with Gasteiger partial charge in [-0.05, 0) is 48.4 Å². The van der Waals surface area contributed by atoms with Gasteiger partial charge in [-0.2, -0.15) is 0 Å². The maximum atomic E-state index is 12.1. The van der Waals surface area contributed by atoms with Crippen LogP contribution in [0, 0.1) is 0 Å². The van der Waals surface area contributed by atoms with Crippen molar-refractivity contribution in [3.63, 3.8) is 0 Å². The zero-order chi connectivity index (χ0) is 19.3. The Morgan fingerprint density at radius 3 is 2.39 bits per heavy atom. The number of hydrogen-bond acceptors (Lipinski definition) is 3. The summed E-state index contributed by atoms with van der Waals surface area (Å²) < 4.78 is 6.91. The minimum atomic E-state index is 0.0178. The van der Waals surface area contributed by atoms with Crippen molar-refractivity contribution in [2.24, 2.45) is 0 Å². The number of pyridine rings is 1. The van der Waals surface area contributed by atoms with Crippen LogP contribution in [0.25, 0.3) is 6.08 Å². The topological polar surface area (TPSA) is 34.5 Å². The number of aromatic nitrogens is 1. The quantitative estimate of drug-likeness (QED) is 0.760. The fraction of sp³-hybridized carbons (Fsp3) is 0.458. The lowest BCUT2D eigenvalue weighted by Gasteiger charge is -2.40. The van der Waals surface area contributed by atoms with Crippen LogP contribution in [0.15, 0.2) is 53.0 Å². The van der Waals surface area contributed by atoms with Crippen LogP contribution in [0.4, 0.5) is 0 Å². The Labute approximate surface area is 167 Å². The Bertz CT molecular complexity index is 868. The van der Waals surface area contributed by atoms with Crippen LogP contribution >= 0.6 is 0 Å². The van der Waals surface area contributed by atoms with E-state index < -0.39 is 0 Å². The Morgan fingerprint density at radius 2 is 1.75 bits per heavy atom. The third-order valence-electron chi connectivity index (χ3n) is 6.09. The molecular weight excluding hydrogens is 348 g/mol. The van der Waals surface area contributed by atoms with Gasteiger partial charge >= 0.3 is 0 Å². The van der Waals surface area contributed by atoms with Crippen molar-refractivity contribution in [3.8, 4) is 0 Å². The number of methoxy groups -OCH3 is 1. The molecule has 1 aromatic heterocycles. The van der Waals surface area contributed by atoms with Crippen molar-refractivity contribution < 1.29 is 4.74 Å². The molecule has 4 heteroatoms. The molecule has 0 atom stereocenters. The molecule has 0 spiro atoms. The number of hydrogen-bond donors (Lipinski definition) is 0. The summed E-state index contributed by atoms with van der Waals surface area (Å²) in [4.78, 5) is 14.8. The van der Waals surface area contributed by atoms with Gasteiger partial charge in [-0.3, -0.25) is 9.69 Å². The third kappa shape index (κ3) is 4.62. The first-order chi connectivity index (χ1) is 13.7. The van der Waals surface area contributed by atoms with Crippen molar-refractivity contribution >= 4 is 6.08 Å². The second-order valence-electron chi connectivity index (χ2n) is 8.10. The largest absolute Gasteiger partial charge is 0.380 e. The fourth-order valence-electron chi connectivity index (χ4n) is 4.18. The molecule has 148 valence electrons. The normalized spacial score (nSPS) is 18.1. The molecule has 1 aliphatic carbocycles. The summed E-state index contributed by atoms with van der Waals surface area (Å²) in [6.45, 7) is 3.54. The molecule has 4 rings (SSSR count). The van der Waals surface area contributed by atoms with E-state index in [1.165, 1.54) is 50.8 Å². The summed E-state index contributed by atoms with van der Waals surface area (Å²) in [5.74, 6) is 0. The summed E-state index contributed by atoms with van der Waals surface area (Å²) in [7, 11) is 1.67. The van der Waals surface area contributed by atoms with Gasteiger partial charge in [0, 0.05) is 38.5 Å². The molecule has 2 fully saturated rings. The summed E-state index contributed by atoms with van der Waals surface area (Å²) >= 11 is 0. The lowest BCUT2D eigenvalue weighted by atomic mass is 9.89. The van der Waals surface area contributed by atoms with Crippen molar-refractivity contribution in [1.82, 2.24) is 9.47 Å². The Balaban J connectivity index is 1.38. The lowest BCUT2D eigenvalue weighted by molar-refractivity contribution is 0.118. The fourth-order valence-corrected chi connectivity index (χ4v) is 4.18. The summed E-state index contributed by atoms with van der Waals surface area (Å²) in [5.41, 5.74) is 4.99. The number of piperidine rings is 1. The second kappa shape index (κ2) is 8.89. The minimum absolute atomic E-state index is 0.0178. The molecule has 28 heavy (non-hydrogen) atoms. The Morgan fingerprint density at radius 1 is 1.04 bits per heavy atom. The molecule has 0 unspecified atom stereocenters. The van der Waals surface area contributed by atoms with Gasteiger partial charge in [0.1, 0.15) is 0 Å². The SMILES string of the molecule is COCc1ccc(=O)n(Cc2ccc(C=C3CCN(C4CCC4)CC3)cc2)c1. The molecule has 1 aromatic carbocycles. The molecule has 1 saturated heterocycles. The van der Waals surface area contributed by atoms with Crippen molar-refractivity contribution in [2.75, 3.05) is 20.2 Å². The summed E-state index contributed by atoms with van der Waals surface area (Å²) in [6.07, 6.45) is 10.8. The highest BCUT2D eigenvalue weighted by Gasteiger charge is 2.26. The van der Waals surface area contributed by atoms with E-state index in [4.69, 9.17) is 4.74 Å². The van der Waals surface area contributed by atoms with Crippen LogP contribution in [0.2, 0.25) is 0 Å². The molecule has 0 bridgehead atoms. The number of nitrogens with zero attached hydrogens (tertiary/aromatic N) is 2. The van der Waals surface area contributed by atoms with E-state index in [2.05, 4.69) is 35.2 Å². The molecule has 1 saturated carbocycles. The molecule has 0 radical (unpaired) electrons. The van der Waals surface area contributed by atoms with E-state index in [-0.39, 0.29) is 5.56 Å². The minimum Gasteiger partial charge on any atom is -0.380 e. The zero-order valence-electron chi connectivity index (χ0n) is 16.8. The van der Waals surface area contributed by atoms with Crippen LogP contribution in [0.3, 0.4) is 0 Å². The summed E-state index contributed by atoms with van der Waals surface area (Å²) in [5, 5.41) is 0. The Hall–Kier alpha value is -2.17. The van der Waals surface area contributed by atoms with Crippen LogP contribution < -0.4 is 5.56 Å². The average Bonchev–Trinajstić information content (AvgIpc) is 2.66. The molecule has 4 nitrogen and oxygen atoms in total. The molecule has 1 aliphatic heterocycles. The molecule has 2 aromatic rings. The van der Waals surface area contributed by atoms with E-state index >= 15 is 0 Å².